The van der Waals surface area contributed by atoms with Crippen LogP contribution in [0.25, 0.3) is 0 Å². The second-order valence-corrected chi connectivity index (χ2v) is 4.52. The Balaban J connectivity index is 3.56. The van der Waals surface area contributed by atoms with Gasteiger partial charge in [-0.1, -0.05) is 45.4 Å². The van der Waals surface area contributed by atoms with E-state index in [0.29, 0.717) is 0 Å². The van der Waals surface area contributed by atoms with Crippen LogP contribution in [0, 0.1) is 5.92 Å². The van der Waals surface area contributed by atoms with Gasteiger partial charge in [0.2, 0.25) is 0 Å². The number of hydrogen-bond acceptors (Lipinski definition) is 2. The fourth-order valence-corrected chi connectivity index (χ4v) is 1.92. The van der Waals surface area contributed by atoms with E-state index in [2.05, 4.69) is 6.92 Å². The number of aliphatic carboxylic acids is 1. The lowest BCUT2D eigenvalue weighted by atomic mass is 9.95. The van der Waals surface area contributed by atoms with Crippen LogP contribution in [0.5, 0.6) is 0 Å². The first kappa shape index (κ1) is 15.4. The summed E-state index contributed by atoms with van der Waals surface area (Å²) in [5.74, 6) is -0.737. The molecule has 1 unspecified atom stereocenters. The van der Waals surface area contributed by atoms with Crippen LogP contribution in [0.4, 0.5) is 0 Å². The summed E-state index contributed by atoms with van der Waals surface area (Å²) in [6.07, 6.45) is 9.39. The van der Waals surface area contributed by atoms with Gasteiger partial charge in [0, 0.05) is 0 Å². The third-order valence-electron chi connectivity index (χ3n) is 3.01. The molecule has 3 nitrogen and oxygen atoms in total. The Morgan fingerprint density at radius 2 is 1.62 bits per heavy atom. The lowest BCUT2D eigenvalue weighted by molar-refractivity contribution is -0.142. The molecule has 0 saturated carbocycles. The molecule has 0 aromatic heterocycles. The lowest BCUT2D eigenvalue weighted by Crippen LogP contribution is -2.13. The third-order valence-corrected chi connectivity index (χ3v) is 3.01. The van der Waals surface area contributed by atoms with Gasteiger partial charge in [0.1, 0.15) is 0 Å². The predicted molar refractivity (Wildman–Crippen MR) is 67.4 cm³/mol. The van der Waals surface area contributed by atoms with Crippen molar-refractivity contribution in [3.05, 3.63) is 0 Å². The highest BCUT2D eigenvalue weighted by Gasteiger charge is 2.15. The maximum Gasteiger partial charge on any atom is 0.306 e. The minimum absolute atomic E-state index is 0.121. The van der Waals surface area contributed by atoms with E-state index in [1.54, 1.807) is 0 Å². The Bertz CT molecular complexity index is 171. The van der Waals surface area contributed by atoms with Gasteiger partial charge in [0.25, 0.3) is 0 Å². The van der Waals surface area contributed by atoms with Crippen molar-refractivity contribution in [1.82, 2.24) is 0 Å². The summed E-state index contributed by atoms with van der Waals surface area (Å²) < 4.78 is 0. The van der Waals surface area contributed by atoms with Crippen LogP contribution < -0.4 is 5.73 Å². The molecule has 0 bridgehead atoms. The van der Waals surface area contributed by atoms with Crippen molar-refractivity contribution >= 4 is 5.97 Å². The number of rotatable bonds is 11. The van der Waals surface area contributed by atoms with Gasteiger partial charge in [-0.25, -0.2) is 0 Å². The maximum absolute atomic E-state index is 11.0. The standard InChI is InChI=1S/C13H27NO2/c1-2-3-6-9-12(13(15)16)10-7-4-5-8-11-14/h12H,2-11,14H2,1H3,(H,15,16). The first-order valence-corrected chi connectivity index (χ1v) is 6.65. The molecule has 0 spiro atoms. The molecular weight excluding hydrogens is 202 g/mol. The van der Waals surface area contributed by atoms with E-state index >= 15 is 0 Å². The molecule has 0 saturated heterocycles. The van der Waals surface area contributed by atoms with Crippen LogP contribution >= 0.6 is 0 Å². The van der Waals surface area contributed by atoms with Gasteiger partial charge in [-0.15, -0.1) is 0 Å². The smallest absolute Gasteiger partial charge is 0.306 e. The average molecular weight is 229 g/mol. The van der Waals surface area contributed by atoms with Gasteiger partial charge in [0.15, 0.2) is 0 Å². The number of unbranched alkanes of at least 4 members (excludes halogenated alkanes) is 5. The monoisotopic (exact) mass is 229 g/mol. The van der Waals surface area contributed by atoms with Crippen molar-refractivity contribution in [3.8, 4) is 0 Å². The predicted octanol–water partition coefficient (Wildman–Crippen LogP) is 3.18. The molecule has 1 atom stereocenters. The normalized spacial score (nSPS) is 12.6. The summed E-state index contributed by atoms with van der Waals surface area (Å²) in [6.45, 7) is 2.89. The van der Waals surface area contributed by atoms with Crippen molar-refractivity contribution < 1.29 is 9.90 Å². The quantitative estimate of drug-likeness (QED) is 0.535. The molecule has 3 N–H and O–H groups in total. The summed E-state index contributed by atoms with van der Waals surface area (Å²) in [7, 11) is 0. The van der Waals surface area contributed by atoms with E-state index < -0.39 is 5.97 Å². The molecule has 16 heavy (non-hydrogen) atoms. The van der Waals surface area contributed by atoms with Crippen molar-refractivity contribution in [3.63, 3.8) is 0 Å². The van der Waals surface area contributed by atoms with Crippen molar-refractivity contribution in [2.75, 3.05) is 6.54 Å². The van der Waals surface area contributed by atoms with Gasteiger partial charge in [-0.05, 0) is 25.8 Å². The Hall–Kier alpha value is -0.570. The minimum Gasteiger partial charge on any atom is -0.481 e. The average Bonchev–Trinajstić information content (AvgIpc) is 2.26. The molecule has 0 aromatic rings. The summed E-state index contributed by atoms with van der Waals surface area (Å²) in [4.78, 5) is 11.0. The van der Waals surface area contributed by atoms with Gasteiger partial charge < -0.3 is 10.8 Å². The van der Waals surface area contributed by atoms with Crippen LogP contribution in [0.15, 0.2) is 0 Å². The fraction of sp³-hybridized carbons (Fsp3) is 0.923. The van der Waals surface area contributed by atoms with Crippen LogP contribution in [0.3, 0.4) is 0 Å². The molecule has 0 aliphatic rings. The molecule has 96 valence electrons. The minimum atomic E-state index is -0.616. The zero-order chi connectivity index (χ0) is 12.2. The highest BCUT2D eigenvalue weighted by Crippen LogP contribution is 2.18. The van der Waals surface area contributed by atoms with E-state index in [1.165, 1.54) is 0 Å². The van der Waals surface area contributed by atoms with Crippen molar-refractivity contribution in [1.29, 1.82) is 0 Å². The molecule has 0 aliphatic heterocycles. The summed E-state index contributed by atoms with van der Waals surface area (Å²) in [5, 5.41) is 9.06. The van der Waals surface area contributed by atoms with E-state index in [-0.39, 0.29) is 5.92 Å². The number of carboxylic acids is 1. The molecule has 0 fully saturated rings. The molecule has 0 rings (SSSR count). The molecule has 3 heteroatoms. The highest BCUT2D eigenvalue weighted by molar-refractivity contribution is 5.69. The largest absolute Gasteiger partial charge is 0.481 e. The topological polar surface area (TPSA) is 63.3 Å². The maximum atomic E-state index is 11.0. The zero-order valence-electron chi connectivity index (χ0n) is 10.6. The number of carbonyl (C=O) groups is 1. The summed E-state index contributed by atoms with van der Waals surface area (Å²) >= 11 is 0. The molecule has 0 aliphatic carbocycles. The molecule has 0 aromatic carbocycles. The van der Waals surface area contributed by atoms with E-state index in [4.69, 9.17) is 10.8 Å². The Morgan fingerprint density at radius 1 is 1.06 bits per heavy atom. The molecule has 0 radical (unpaired) electrons. The molecular formula is C13H27NO2. The zero-order valence-corrected chi connectivity index (χ0v) is 10.6. The van der Waals surface area contributed by atoms with Gasteiger partial charge >= 0.3 is 5.97 Å². The first-order valence-electron chi connectivity index (χ1n) is 6.65. The second kappa shape index (κ2) is 10.9. The highest BCUT2D eigenvalue weighted by atomic mass is 16.4. The van der Waals surface area contributed by atoms with Gasteiger partial charge in [0.05, 0.1) is 5.92 Å². The Morgan fingerprint density at radius 3 is 2.12 bits per heavy atom. The van der Waals surface area contributed by atoms with Crippen molar-refractivity contribution in [2.45, 2.75) is 64.7 Å². The SMILES string of the molecule is CCCCCC(CCCCCCN)C(=O)O. The van der Waals surface area contributed by atoms with Crippen LogP contribution in [-0.4, -0.2) is 17.6 Å². The third kappa shape index (κ3) is 8.72. The van der Waals surface area contributed by atoms with Crippen LogP contribution in [0.1, 0.15) is 64.7 Å². The lowest BCUT2D eigenvalue weighted by Gasteiger charge is -2.11. The van der Waals surface area contributed by atoms with Gasteiger partial charge in [-0.2, -0.15) is 0 Å². The van der Waals surface area contributed by atoms with E-state index in [9.17, 15) is 4.79 Å². The van der Waals surface area contributed by atoms with E-state index in [0.717, 1.165) is 64.3 Å². The number of carboxylic acid groups (broad SMARTS) is 1. The summed E-state index contributed by atoms with van der Waals surface area (Å²) in [5.41, 5.74) is 5.41. The van der Waals surface area contributed by atoms with E-state index in [1.807, 2.05) is 0 Å². The summed E-state index contributed by atoms with van der Waals surface area (Å²) in [6, 6.07) is 0. The Labute approximate surface area is 99.4 Å². The molecule has 0 heterocycles. The fourth-order valence-electron chi connectivity index (χ4n) is 1.92. The van der Waals surface area contributed by atoms with Gasteiger partial charge in [-0.3, -0.25) is 4.79 Å². The van der Waals surface area contributed by atoms with Crippen molar-refractivity contribution in [2.24, 2.45) is 11.7 Å². The van der Waals surface area contributed by atoms with Crippen LogP contribution in [-0.2, 0) is 4.79 Å². The number of hydrogen-bond donors (Lipinski definition) is 2. The Kier molecular flexibility index (Phi) is 10.5. The first-order chi connectivity index (χ1) is 7.72. The second-order valence-electron chi connectivity index (χ2n) is 4.52. The van der Waals surface area contributed by atoms with Crippen LogP contribution in [0.2, 0.25) is 0 Å². The molecule has 0 amide bonds. The number of nitrogens with two attached hydrogens (primary N) is 1.